The molecule has 0 bridgehead atoms. The first-order valence-electron chi connectivity index (χ1n) is 9.80. The van der Waals surface area contributed by atoms with Crippen molar-refractivity contribution in [2.45, 2.75) is 32.6 Å². The molecule has 1 aromatic rings. The minimum absolute atomic E-state index is 0.00596. The Labute approximate surface area is 173 Å². The third-order valence-corrected chi connectivity index (χ3v) is 6.03. The lowest BCUT2D eigenvalue weighted by Gasteiger charge is -2.39. The van der Waals surface area contributed by atoms with E-state index in [0.717, 1.165) is 0 Å². The molecule has 2 heterocycles. The highest BCUT2D eigenvalue weighted by atomic mass is 16.5. The lowest BCUT2D eigenvalue weighted by Crippen LogP contribution is -2.38. The van der Waals surface area contributed by atoms with E-state index in [0.29, 0.717) is 40.9 Å². The molecule has 0 amide bonds. The topological polar surface area (TPSA) is 108 Å². The fourth-order valence-corrected chi connectivity index (χ4v) is 4.68. The zero-order chi connectivity index (χ0) is 21.2. The van der Waals surface area contributed by atoms with Gasteiger partial charge in [0.2, 0.25) is 5.78 Å². The smallest absolute Gasteiger partial charge is 0.246 e. The molecular formula is C23H19N3O4. The molecule has 0 fully saturated rings. The summed E-state index contributed by atoms with van der Waals surface area (Å²) in [7, 11) is 0. The van der Waals surface area contributed by atoms with Gasteiger partial charge in [0.1, 0.15) is 11.5 Å². The number of hydrogen-bond donors (Lipinski definition) is 2. The van der Waals surface area contributed by atoms with Crippen LogP contribution in [0.4, 0.5) is 0 Å². The lowest BCUT2D eigenvalue weighted by molar-refractivity contribution is -0.121. The summed E-state index contributed by atoms with van der Waals surface area (Å²) in [5, 5.41) is 9.13. The van der Waals surface area contributed by atoms with Crippen LogP contribution in [0.25, 0.3) is 0 Å². The minimum Gasteiger partial charge on any atom is -0.457 e. The van der Waals surface area contributed by atoms with Gasteiger partial charge in [-0.15, -0.1) is 0 Å². The Kier molecular flexibility index (Phi) is 3.86. The van der Waals surface area contributed by atoms with E-state index < -0.39 is 5.92 Å². The van der Waals surface area contributed by atoms with Crippen molar-refractivity contribution in [2.75, 3.05) is 6.54 Å². The summed E-state index contributed by atoms with van der Waals surface area (Å²) in [6.45, 7) is 4.19. The van der Waals surface area contributed by atoms with E-state index in [1.54, 1.807) is 24.3 Å². The van der Waals surface area contributed by atoms with Gasteiger partial charge in [0.15, 0.2) is 17.3 Å². The fourth-order valence-electron chi connectivity index (χ4n) is 4.68. The van der Waals surface area contributed by atoms with Crippen LogP contribution < -0.4 is 10.9 Å². The molecule has 150 valence electrons. The number of nitrogens with one attached hydrogen (secondary N) is 2. The first-order valence-corrected chi connectivity index (χ1v) is 9.80. The molecule has 4 aliphatic rings. The number of carbonyl (C=O) groups is 3. The van der Waals surface area contributed by atoms with E-state index in [2.05, 4.69) is 16.9 Å². The highest BCUT2D eigenvalue weighted by Crippen LogP contribution is 2.50. The third-order valence-electron chi connectivity index (χ3n) is 6.03. The number of Topliss-reactive ketones (excluding diaryl/α,β-unsaturated/α-hetero) is 3. The molecule has 0 saturated carbocycles. The van der Waals surface area contributed by atoms with Crippen LogP contribution >= 0.6 is 0 Å². The number of carbonyl (C=O) groups excluding carboxylic acids is 3. The SMILES string of the molecule is CC1(C)CC(=O)C2=C(C1)OC1=C(C(=O)C3=C(NNC3)C1=O)C2c1ccc(C#N)cc1. The van der Waals surface area contributed by atoms with Crippen molar-refractivity contribution in [1.82, 2.24) is 10.9 Å². The van der Waals surface area contributed by atoms with Gasteiger partial charge >= 0.3 is 0 Å². The third kappa shape index (κ3) is 2.57. The molecule has 1 unspecified atom stereocenters. The van der Waals surface area contributed by atoms with Gasteiger partial charge in [-0.2, -0.15) is 5.26 Å². The normalized spacial score (nSPS) is 24.7. The molecule has 2 aliphatic carbocycles. The molecule has 30 heavy (non-hydrogen) atoms. The first kappa shape index (κ1) is 18.5. The highest BCUT2D eigenvalue weighted by molar-refractivity contribution is 6.26. The molecule has 1 aromatic carbocycles. The zero-order valence-corrected chi connectivity index (χ0v) is 16.6. The summed E-state index contributed by atoms with van der Waals surface area (Å²) < 4.78 is 6.00. The van der Waals surface area contributed by atoms with E-state index >= 15 is 0 Å². The molecule has 0 saturated heterocycles. The van der Waals surface area contributed by atoms with Gasteiger partial charge in [-0.05, 0) is 23.1 Å². The van der Waals surface area contributed by atoms with Gasteiger partial charge in [-0.25, -0.2) is 5.43 Å². The number of nitrogens with zero attached hydrogens (tertiary/aromatic N) is 1. The minimum atomic E-state index is -0.689. The quantitative estimate of drug-likeness (QED) is 0.694. The van der Waals surface area contributed by atoms with Crippen molar-refractivity contribution in [3.63, 3.8) is 0 Å². The lowest BCUT2D eigenvalue weighted by atomic mass is 9.68. The number of nitriles is 1. The molecule has 1 atom stereocenters. The van der Waals surface area contributed by atoms with Crippen LogP contribution in [0.3, 0.4) is 0 Å². The summed E-state index contributed by atoms with van der Waals surface area (Å²) in [4.78, 5) is 39.7. The highest BCUT2D eigenvalue weighted by Gasteiger charge is 2.49. The van der Waals surface area contributed by atoms with E-state index in [-0.39, 0.29) is 46.3 Å². The van der Waals surface area contributed by atoms with Gasteiger partial charge < -0.3 is 10.2 Å². The van der Waals surface area contributed by atoms with Crippen LogP contribution in [-0.4, -0.2) is 23.9 Å². The van der Waals surface area contributed by atoms with Crippen molar-refractivity contribution in [2.24, 2.45) is 5.41 Å². The molecule has 0 aromatic heterocycles. The molecule has 5 rings (SSSR count). The average Bonchev–Trinajstić information content (AvgIpc) is 3.20. The molecule has 0 radical (unpaired) electrons. The van der Waals surface area contributed by atoms with E-state index in [1.807, 2.05) is 13.8 Å². The second kappa shape index (κ2) is 6.25. The number of hydrogen-bond acceptors (Lipinski definition) is 7. The van der Waals surface area contributed by atoms with E-state index in [4.69, 9.17) is 10.00 Å². The Morgan fingerprint density at radius 1 is 1.07 bits per heavy atom. The molecular weight excluding hydrogens is 382 g/mol. The Morgan fingerprint density at radius 3 is 2.50 bits per heavy atom. The average molecular weight is 401 g/mol. The van der Waals surface area contributed by atoms with Crippen LogP contribution in [0.5, 0.6) is 0 Å². The molecule has 2 N–H and O–H groups in total. The molecule has 0 spiro atoms. The van der Waals surface area contributed by atoms with E-state index in [9.17, 15) is 14.4 Å². The summed E-state index contributed by atoms with van der Waals surface area (Å²) in [6, 6.07) is 8.86. The Balaban J connectivity index is 1.72. The summed E-state index contributed by atoms with van der Waals surface area (Å²) >= 11 is 0. The standard InChI is InChI=1S/C23H19N3O4/c1-23(2)7-14(27)17-15(8-23)30-22-18(16(17)12-5-3-11(9-24)4-6-12)20(28)13-10-25-26-19(13)21(22)29/h3-6,16,25-26H,7-8,10H2,1-2H3. The van der Waals surface area contributed by atoms with Crippen molar-refractivity contribution in [1.29, 1.82) is 5.26 Å². The van der Waals surface area contributed by atoms with Gasteiger partial charge in [-0.3, -0.25) is 14.4 Å². The maximum atomic E-state index is 13.4. The van der Waals surface area contributed by atoms with Crippen LogP contribution in [0.15, 0.2) is 58.2 Å². The van der Waals surface area contributed by atoms with Gasteiger partial charge in [0.05, 0.1) is 17.2 Å². The Hall–Kier alpha value is -3.50. The van der Waals surface area contributed by atoms with Crippen LogP contribution in [0.2, 0.25) is 0 Å². The maximum Gasteiger partial charge on any atom is 0.246 e. The first-order chi connectivity index (χ1) is 14.3. The summed E-state index contributed by atoms with van der Waals surface area (Å²) in [5.41, 5.74) is 7.67. The zero-order valence-electron chi connectivity index (χ0n) is 16.6. The van der Waals surface area contributed by atoms with Gasteiger partial charge in [0.25, 0.3) is 0 Å². The number of rotatable bonds is 1. The summed E-state index contributed by atoms with van der Waals surface area (Å²) in [6.07, 6.45) is 0.834. The van der Waals surface area contributed by atoms with E-state index in [1.165, 1.54) is 0 Å². The van der Waals surface area contributed by atoms with Gasteiger partial charge in [-0.1, -0.05) is 26.0 Å². The number of ketones is 3. The number of hydrazine groups is 1. The second-order valence-electron chi connectivity index (χ2n) is 8.78. The fraction of sp³-hybridized carbons (Fsp3) is 0.304. The largest absolute Gasteiger partial charge is 0.457 e. The van der Waals surface area contributed by atoms with Crippen LogP contribution in [0.1, 0.15) is 43.7 Å². The van der Waals surface area contributed by atoms with Crippen molar-refractivity contribution >= 4 is 17.3 Å². The van der Waals surface area contributed by atoms with Crippen LogP contribution in [-0.2, 0) is 19.1 Å². The van der Waals surface area contributed by atoms with Crippen molar-refractivity contribution in [3.05, 3.63) is 69.3 Å². The Morgan fingerprint density at radius 2 is 1.80 bits per heavy atom. The second-order valence-corrected chi connectivity index (χ2v) is 8.78. The Bertz CT molecular complexity index is 1180. The van der Waals surface area contributed by atoms with Crippen LogP contribution in [0, 0.1) is 16.7 Å². The van der Waals surface area contributed by atoms with Crippen molar-refractivity contribution < 1.29 is 19.1 Å². The molecule has 2 aliphatic heterocycles. The maximum absolute atomic E-state index is 13.4. The predicted octanol–water partition coefficient (Wildman–Crippen LogP) is 2.08. The predicted molar refractivity (Wildman–Crippen MR) is 105 cm³/mol. The number of allylic oxidation sites excluding steroid dienone is 3. The number of benzene rings is 1. The van der Waals surface area contributed by atoms with Crippen molar-refractivity contribution in [3.8, 4) is 6.07 Å². The molecule has 7 nitrogen and oxygen atoms in total. The monoisotopic (exact) mass is 401 g/mol. The van der Waals surface area contributed by atoms with Gasteiger partial charge in [0, 0.05) is 36.5 Å². The number of ether oxygens (including phenoxy) is 1. The summed E-state index contributed by atoms with van der Waals surface area (Å²) in [5.74, 6) is -0.994. The molecule has 7 heteroatoms.